The Morgan fingerprint density at radius 2 is 0.909 bits per heavy atom. The molecule has 0 saturated carbocycles. The lowest BCUT2D eigenvalue weighted by Crippen LogP contribution is -1.89. The van der Waals surface area contributed by atoms with Crippen LogP contribution in [0.2, 0.25) is 0 Å². The third-order valence-corrected chi connectivity index (χ3v) is 1.62. The van der Waals surface area contributed by atoms with Crippen molar-refractivity contribution < 1.29 is 38.0 Å². The lowest BCUT2D eigenvalue weighted by molar-refractivity contribution is -0.132. The summed E-state index contributed by atoms with van der Waals surface area (Å²) in [5.74, 6) is -3.67. The predicted octanol–water partition coefficient (Wildman–Crippen LogP) is 1.76. The molecule has 10 heteroatoms. The van der Waals surface area contributed by atoms with Crippen LogP contribution in [0.5, 0.6) is 0 Å². The number of carboxylic acids is 2. The zero-order chi connectivity index (χ0) is 17.4. The van der Waals surface area contributed by atoms with Crippen LogP contribution < -0.4 is 0 Å². The van der Waals surface area contributed by atoms with Crippen LogP contribution in [0, 0.1) is 0 Å². The third-order valence-electron chi connectivity index (χ3n) is 1.32. The van der Waals surface area contributed by atoms with Gasteiger partial charge in [0, 0.05) is 24.3 Å². The second-order valence-corrected chi connectivity index (χ2v) is 3.21. The normalized spacial score (nSPS) is 10.6. The van der Waals surface area contributed by atoms with Crippen LogP contribution >= 0.6 is 23.7 Å². The molecule has 0 heterocycles. The maximum absolute atomic E-state index is 10.3. The molecule has 0 aromatic heterocycles. The summed E-state index contributed by atoms with van der Waals surface area (Å²) in [4.78, 5) is 40.2. The van der Waals surface area contributed by atoms with Gasteiger partial charge in [-0.1, -0.05) is 24.3 Å². The Morgan fingerprint density at radius 3 is 1.14 bits per heavy atom. The number of carbonyl (C=O) groups excluding carboxylic acids is 2. The molecule has 0 aliphatic heterocycles. The van der Waals surface area contributed by atoms with E-state index in [1.807, 2.05) is 0 Å². The Hall–Kier alpha value is -2.58. The molecule has 0 aliphatic carbocycles. The highest BCUT2D eigenvalue weighted by Crippen LogP contribution is 1.88. The van der Waals surface area contributed by atoms with Crippen molar-refractivity contribution in [2.75, 3.05) is 0 Å². The first-order chi connectivity index (χ1) is 10.3. The van der Waals surface area contributed by atoms with Crippen LogP contribution in [0.25, 0.3) is 0 Å². The summed E-state index contributed by atoms with van der Waals surface area (Å²) in [6.07, 6.45) is 8.50. The first kappa shape index (κ1) is 21.7. The van der Waals surface area contributed by atoms with Crippen LogP contribution in [-0.4, -0.2) is 34.1 Å². The second-order valence-electron chi connectivity index (χ2n) is 2.91. The topological polar surface area (TPSA) is 127 Å². The van der Waals surface area contributed by atoms with Crippen molar-refractivity contribution >= 4 is 47.6 Å². The average Bonchev–Trinajstić information content (AvgIpc) is 2.47. The van der Waals surface area contributed by atoms with Crippen molar-refractivity contribution in [2.24, 2.45) is 0 Å². The first-order valence-corrected chi connectivity index (χ1v) is 5.75. The monoisotopic (exact) mass is 352 g/mol. The predicted molar refractivity (Wildman–Crippen MR) is 75.7 cm³/mol. The fraction of sp³-hybridized carbons (Fsp3) is 0. The standard InChI is InChI=1S/C6H4Cl2O4.C6H6O4/c7-11-5(9)3-1-2-4-6(10)12-8;7-5(8)3-1-2-4-6(9)10/h1-4H;1-4H,(H,7,8)(H,9,10)/b;3-1-,4-2-. The van der Waals surface area contributed by atoms with E-state index in [9.17, 15) is 19.2 Å². The van der Waals surface area contributed by atoms with Crippen LogP contribution in [0.1, 0.15) is 0 Å². The number of rotatable bonds is 6. The van der Waals surface area contributed by atoms with Gasteiger partial charge in [-0.05, 0) is 0 Å². The molecule has 0 fully saturated rings. The molecular weight excluding hydrogens is 343 g/mol. The molecule has 0 saturated heterocycles. The molecule has 22 heavy (non-hydrogen) atoms. The van der Waals surface area contributed by atoms with Gasteiger partial charge in [0.15, 0.2) is 0 Å². The summed E-state index contributed by atoms with van der Waals surface area (Å²) in [6, 6.07) is 0. The van der Waals surface area contributed by atoms with E-state index in [1.165, 1.54) is 12.2 Å². The Kier molecular flexibility index (Phi) is 14.6. The Labute approximate surface area is 134 Å². The average molecular weight is 353 g/mol. The van der Waals surface area contributed by atoms with Gasteiger partial charge >= 0.3 is 23.9 Å². The molecule has 0 bridgehead atoms. The summed E-state index contributed by atoms with van der Waals surface area (Å²) in [6.45, 7) is 0. The molecule has 0 rings (SSSR count). The number of aliphatic carboxylic acids is 2. The zero-order valence-electron chi connectivity index (χ0n) is 10.7. The fourth-order valence-corrected chi connectivity index (χ4v) is 0.698. The summed E-state index contributed by atoms with van der Waals surface area (Å²) in [5.41, 5.74) is 0. The van der Waals surface area contributed by atoms with E-state index in [-0.39, 0.29) is 0 Å². The number of halogens is 2. The summed E-state index contributed by atoms with van der Waals surface area (Å²) >= 11 is 9.37. The molecule has 120 valence electrons. The molecular formula is C12H10Cl2O8. The fourth-order valence-electron chi connectivity index (χ4n) is 0.595. The lowest BCUT2D eigenvalue weighted by atomic mass is 10.4. The largest absolute Gasteiger partial charge is 0.478 e. The molecule has 0 spiro atoms. The number of carbonyl (C=O) groups is 4. The first-order valence-electron chi connectivity index (χ1n) is 5.14. The molecule has 0 aromatic rings. The molecule has 0 atom stereocenters. The van der Waals surface area contributed by atoms with Gasteiger partial charge in [0.2, 0.25) is 0 Å². The molecule has 0 aromatic carbocycles. The van der Waals surface area contributed by atoms with Gasteiger partial charge in [0.25, 0.3) is 0 Å². The van der Waals surface area contributed by atoms with Gasteiger partial charge < -0.3 is 18.8 Å². The van der Waals surface area contributed by atoms with Crippen molar-refractivity contribution in [2.45, 2.75) is 0 Å². The van der Waals surface area contributed by atoms with E-state index in [2.05, 4.69) is 32.3 Å². The summed E-state index contributed by atoms with van der Waals surface area (Å²) in [5, 5.41) is 16.0. The minimum atomic E-state index is -1.10. The van der Waals surface area contributed by atoms with Crippen molar-refractivity contribution in [3.63, 3.8) is 0 Å². The van der Waals surface area contributed by atoms with Gasteiger partial charge in [0.1, 0.15) is 23.7 Å². The Balaban J connectivity index is 0. The number of carboxylic acid groups (broad SMARTS) is 2. The number of allylic oxidation sites excluding steroid dienone is 4. The maximum atomic E-state index is 10.3. The molecule has 8 nitrogen and oxygen atoms in total. The maximum Gasteiger partial charge on any atom is 0.349 e. The SMILES string of the molecule is O=C(C=CC=CC(=O)OCl)OCl.O=C(O)/C=C\C=C/C(=O)O. The van der Waals surface area contributed by atoms with E-state index in [0.29, 0.717) is 0 Å². The zero-order valence-corrected chi connectivity index (χ0v) is 12.2. The highest BCUT2D eigenvalue weighted by Gasteiger charge is 1.92. The van der Waals surface area contributed by atoms with E-state index >= 15 is 0 Å². The van der Waals surface area contributed by atoms with Crippen LogP contribution in [0.4, 0.5) is 0 Å². The summed E-state index contributed by atoms with van der Waals surface area (Å²) < 4.78 is 7.51. The van der Waals surface area contributed by atoms with Gasteiger partial charge in [-0.3, -0.25) is 0 Å². The van der Waals surface area contributed by atoms with E-state index in [0.717, 1.165) is 36.5 Å². The van der Waals surface area contributed by atoms with Gasteiger partial charge in [0.05, 0.1) is 0 Å². The van der Waals surface area contributed by atoms with Gasteiger partial charge in [-0.15, -0.1) is 0 Å². The van der Waals surface area contributed by atoms with Gasteiger partial charge in [-0.25, -0.2) is 19.2 Å². The van der Waals surface area contributed by atoms with E-state index in [1.54, 1.807) is 0 Å². The number of hydrogen-bond donors (Lipinski definition) is 2. The quantitative estimate of drug-likeness (QED) is 0.546. The van der Waals surface area contributed by atoms with Crippen molar-refractivity contribution in [3.05, 3.63) is 48.6 Å². The molecule has 0 unspecified atom stereocenters. The minimum Gasteiger partial charge on any atom is -0.478 e. The van der Waals surface area contributed by atoms with E-state index in [4.69, 9.17) is 10.2 Å². The summed E-state index contributed by atoms with van der Waals surface area (Å²) in [7, 11) is 0. The second kappa shape index (κ2) is 14.8. The molecule has 0 radical (unpaired) electrons. The van der Waals surface area contributed by atoms with Crippen molar-refractivity contribution in [1.82, 2.24) is 0 Å². The van der Waals surface area contributed by atoms with Crippen LogP contribution in [0.15, 0.2) is 48.6 Å². The highest BCUT2D eigenvalue weighted by atomic mass is 35.5. The van der Waals surface area contributed by atoms with Gasteiger partial charge in [-0.2, -0.15) is 0 Å². The number of hydrogen-bond acceptors (Lipinski definition) is 6. The molecule has 0 aliphatic rings. The smallest absolute Gasteiger partial charge is 0.349 e. The Bertz CT molecular complexity index is 459. The lowest BCUT2D eigenvalue weighted by Gasteiger charge is -1.83. The van der Waals surface area contributed by atoms with Crippen LogP contribution in [0.3, 0.4) is 0 Å². The van der Waals surface area contributed by atoms with Crippen molar-refractivity contribution in [3.8, 4) is 0 Å². The highest BCUT2D eigenvalue weighted by molar-refractivity contribution is 6.15. The minimum absolute atomic E-state index is 0.736. The van der Waals surface area contributed by atoms with Crippen LogP contribution in [-0.2, 0) is 27.8 Å². The van der Waals surface area contributed by atoms with Crippen molar-refractivity contribution in [1.29, 1.82) is 0 Å². The molecule has 0 amide bonds. The Morgan fingerprint density at radius 1 is 0.636 bits per heavy atom. The van der Waals surface area contributed by atoms with E-state index < -0.39 is 23.9 Å². The molecule has 2 N–H and O–H groups in total. The third kappa shape index (κ3) is 19.8.